The number of rotatable bonds is 5. The smallest absolute Gasteiger partial charge is 0.217 e. The van der Waals surface area contributed by atoms with Crippen molar-refractivity contribution < 1.29 is 9.90 Å². The molecule has 100 valence electrons. The predicted octanol–water partition coefficient (Wildman–Crippen LogP) is 2.61. The first-order chi connectivity index (χ1) is 8.34. The summed E-state index contributed by atoms with van der Waals surface area (Å²) in [6.45, 7) is 8.19. The summed E-state index contributed by atoms with van der Waals surface area (Å²) in [6.07, 6.45) is 1.03. The zero-order valence-corrected chi connectivity index (χ0v) is 11.7. The standard InChI is InChI=1S/C15H23NO2/c1-9-8-10(2)12(4)15(11(9)3)13(17)6-5-7-14(16)18/h8,13,17H,5-7H2,1-4H3,(H2,16,18). The molecule has 3 nitrogen and oxygen atoms in total. The first-order valence-electron chi connectivity index (χ1n) is 6.38. The normalized spacial score (nSPS) is 12.5. The van der Waals surface area contributed by atoms with Crippen molar-refractivity contribution in [2.75, 3.05) is 0 Å². The summed E-state index contributed by atoms with van der Waals surface area (Å²) in [5.74, 6) is -0.309. The molecule has 0 saturated carbocycles. The second kappa shape index (κ2) is 6.01. The van der Waals surface area contributed by atoms with E-state index in [4.69, 9.17) is 5.73 Å². The van der Waals surface area contributed by atoms with Crippen LogP contribution in [0.5, 0.6) is 0 Å². The van der Waals surface area contributed by atoms with Crippen molar-refractivity contribution in [1.29, 1.82) is 0 Å². The van der Waals surface area contributed by atoms with Gasteiger partial charge in [0.15, 0.2) is 0 Å². The molecule has 1 amide bonds. The van der Waals surface area contributed by atoms with Gasteiger partial charge >= 0.3 is 0 Å². The lowest BCUT2D eigenvalue weighted by Crippen LogP contribution is -2.11. The molecule has 1 rings (SSSR count). The van der Waals surface area contributed by atoms with Crippen molar-refractivity contribution in [2.45, 2.75) is 53.1 Å². The minimum Gasteiger partial charge on any atom is -0.388 e. The minimum atomic E-state index is -0.511. The Morgan fingerprint density at radius 1 is 1.22 bits per heavy atom. The number of amides is 1. The van der Waals surface area contributed by atoms with Gasteiger partial charge < -0.3 is 10.8 Å². The first-order valence-corrected chi connectivity index (χ1v) is 6.38. The molecule has 1 aromatic rings. The number of benzene rings is 1. The Kier molecular flexibility index (Phi) is 4.91. The molecule has 3 heteroatoms. The van der Waals surface area contributed by atoms with Gasteiger partial charge in [0.1, 0.15) is 0 Å². The number of hydrogen-bond acceptors (Lipinski definition) is 2. The molecule has 0 aliphatic carbocycles. The molecule has 3 N–H and O–H groups in total. The van der Waals surface area contributed by atoms with Gasteiger partial charge in [0.25, 0.3) is 0 Å². The molecule has 0 aromatic heterocycles. The second-order valence-electron chi connectivity index (χ2n) is 5.05. The molecular formula is C15H23NO2. The zero-order chi connectivity index (χ0) is 13.9. The summed E-state index contributed by atoms with van der Waals surface area (Å²) in [4.78, 5) is 10.7. The minimum absolute atomic E-state index is 0.309. The van der Waals surface area contributed by atoms with Crippen LogP contribution < -0.4 is 5.73 Å². The van der Waals surface area contributed by atoms with E-state index in [1.165, 1.54) is 11.1 Å². The Labute approximate surface area is 109 Å². The van der Waals surface area contributed by atoms with Crippen molar-refractivity contribution in [2.24, 2.45) is 5.73 Å². The molecule has 1 atom stereocenters. The van der Waals surface area contributed by atoms with E-state index in [0.717, 1.165) is 16.7 Å². The largest absolute Gasteiger partial charge is 0.388 e. The van der Waals surface area contributed by atoms with Crippen molar-refractivity contribution in [3.63, 3.8) is 0 Å². The van der Waals surface area contributed by atoms with Crippen LogP contribution in [-0.2, 0) is 4.79 Å². The van der Waals surface area contributed by atoms with Crippen LogP contribution in [0.4, 0.5) is 0 Å². The molecule has 0 spiro atoms. The highest BCUT2D eigenvalue weighted by Gasteiger charge is 2.16. The van der Waals surface area contributed by atoms with Crippen LogP contribution in [0.25, 0.3) is 0 Å². The summed E-state index contributed by atoms with van der Waals surface area (Å²) in [5.41, 5.74) is 10.8. The lowest BCUT2D eigenvalue weighted by atomic mass is 9.89. The van der Waals surface area contributed by atoms with Crippen LogP contribution in [0.15, 0.2) is 6.07 Å². The molecule has 0 heterocycles. The molecule has 0 fully saturated rings. The van der Waals surface area contributed by atoms with Gasteiger partial charge in [0, 0.05) is 6.42 Å². The van der Waals surface area contributed by atoms with Gasteiger partial charge in [-0.1, -0.05) is 6.07 Å². The van der Waals surface area contributed by atoms with Gasteiger partial charge in [-0.25, -0.2) is 0 Å². The maximum Gasteiger partial charge on any atom is 0.217 e. The highest BCUT2D eigenvalue weighted by molar-refractivity contribution is 5.73. The van der Waals surface area contributed by atoms with E-state index in [-0.39, 0.29) is 5.91 Å². The van der Waals surface area contributed by atoms with E-state index in [2.05, 4.69) is 19.9 Å². The third-order valence-electron chi connectivity index (χ3n) is 3.66. The fraction of sp³-hybridized carbons (Fsp3) is 0.533. The third-order valence-corrected chi connectivity index (χ3v) is 3.66. The van der Waals surface area contributed by atoms with Crippen LogP contribution in [0.1, 0.15) is 53.2 Å². The highest BCUT2D eigenvalue weighted by Crippen LogP contribution is 2.29. The second-order valence-corrected chi connectivity index (χ2v) is 5.05. The fourth-order valence-corrected chi connectivity index (χ4v) is 2.36. The van der Waals surface area contributed by atoms with Crippen LogP contribution in [0.2, 0.25) is 0 Å². The molecule has 1 aromatic carbocycles. The summed E-state index contributed by atoms with van der Waals surface area (Å²) in [5, 5.41) is 10.3. The van der Waals surface area contributed by atoms with Crippen molar-refractivity contribution in [3.05, 3.63) is 33.9 Å². The van der Waals surface area contributed by atoms with E-state index in [9.17, 15) is 9.90 Å². The summed E-state index contributed by atoms with van der Waals surface area (Å²) in [7, 11) is 0. The van der Waals surface area contributed by atoms with Crippen LogP contribution in [0.3, 0.4) is 0 Å². The van der Waals surface area contributed by atoms with Gasteiger partial charge in [-0.3, -0.25) is 4.79 Å². The van der Waals surface area contributed by atoms with E-state index in [1.54, 1.807) is 0 Å². The topological polar surface area (TPSA) is 63.3 Å². The van der Waals surface area contributed by atoms with E-state index in [0.29, 0.717) is 19.3 Å². The van der Waals surface area contributed by atoms with Crippen LogP contribution >= 0.6 is 0 Å². The van der Waals surface area contributed by atoms with E-state index in [1.807, 2.05) is 13.8 Å². The molecule has 0 aliphatic heterocycles. The molecule has 0 bridgehead atoms. The maximum absolute atomic E-state index is 10.7. The number of carbonyl (C=O) groups excluding carboxylic acids is 1. The molecule has 1 unspecified atom stereocenters. The SMILES string of the molecule is Cc1cc(C)c(C)c(C(O)CCCC(N)=O)c1C. The number of primary amides is 1. The summed E-state index contributed by atoms with van der Waals surface area (Å²) < 4.78 is 0. The Morgan fingerprint density at radius 3 is 2.17 bits per heavy atom. The average molecular weight is 249 g/mol. The van der Waals surface area contributed by atoms with Gasteiger partial charge in [0.2, 0.25) is 5.91 Å². The lowest BCUT2D eigenvalue weighted by molar-refractivity contribution is -0.118. The quantitative estimate of drug-likeness (QED) is 0.842. The number of aliphatic hydroxyl groups is 1. The number of carbonyl (C=O) groups is 1. The Balaban J connectivity index is 2.91. The van der Waals surface area contributed by atoms with Gasteiger partial charge in [0.05, 0.1) is 6.10 Å². The molecule has 0 radical (unpaired) electrons. The molecule has 0 aliphatic rings. The number of aliphatic hydroxyl groups excluding tert-OH is 1. The fourth-order valence-electron chi connectivity index (χ4n) is 2.36. The molecule has 18 heavy (non-hydrogen) atoms. The van der Waals surface area contributed by atoms with Gasteiger partial charge in [-0.15, -0.1) is 0 Å². The highest BCUT2D eigenvalue weighted by atomic mass is 16.3. The number of nitrogens with two attached hydrogens (primary N) is 1. The van der Waals surface area contributed by atoms with Crippen LogP contribution in [-0.4, -0.2) is 11.0 Å². The van der Waals surface area contributed by atoms with Gasteiger partial charge in [-0.2, -0.15) is 0 Å². The summed E-state index contributed by atoms with van der Waals surface area (Å²) >= 11 is 0. The number of hydrogen-bond donors (Lipinski definition) is 2. The summed E-state index contributed by atoms with van der Waals surface area (Å²) in [6, 6.07) is 2.14. The molecular weight excluding hydrogens is 226 g/mol. The van der Waals surface area contributed by atoms with Crippen molar-refractivity contribution >= 4 is 5.91 Å². The predicted molar refractivity (Wildman–Crippen MR) is 73.4 cm³/mol. The lowest BCUT2D eigenvalue weighted by Gasteiger charge is -2.20. The Hall–Kier alpha value is -1.35. The monoisotopic (exact) mass is 249 g/mol. The van der Waals surface area contributed by atoms with Crippen molar-refractivity contribution in [3.8, 4) is 0 Å². The maximum atomic E-state index is 10.7. The Morgan fingerprint density at radius 2 is 1.72 bits per heavy atom. The third kappa shape index (κ3) is 3.33. The van der Waals surface area contributed by atoms with E-state index < -0.39 is 6.10 Å². The average Bonchev–Trinajstić information content (AvgIpc) is 2.26. The molecule has 0 saturated heterocycles. The van der Waals surface area contributed by atoms with Crippen LogP contribution in [0, 0.1) is 27.7 Å². The number of aryl methyl sites for hydroxylation is 2. The Bertz CT molecular complexity index is 426. The zero-order valence-electron chi connectivity index (χ0n) is 11.7. The first kappa shape index (κ1) is 14.7. The van der Waals surface area contributed by atoms with E-state index >= 15 is 0 Å². The van der Waals surface area contributed by atoms with Gasteiger partial charge in [-0.05, 0) is 68.4 Å². The van der Waals surface area contributed by atoms with Crippen molar-refractivity contribution in [1.82, 2.24) is 0 Å².